The Labute approximate surface area is 167 Å². The minimum atomic E-state index is -3.80. The van der Waals surface area contributed by atoms with Crippen molar-refractivity contribution in [2.45, 2.75) is 0 Å². The Bertz CT molecular complexity index is 942. The van der Waals surface area contributed by atoms with Crippen molar-refractivity contribution in [3.8, 4) is 5.75 Å². The molecule has 0 aliphatic heterocycles. The Morgan fingerprint density at radius 1 is 0.643 bits per heavy atom. The van der Waals surface area contributed by atoms with Crippen LogP contribution in [0, 0.1) is 0 Å². The van der Waals surface area contributed by atoms with Crippen molar-refractivity contribution >= 4 is 31.3 Å². The van der Waals surface area contributed by atoms with Crippen LogP contribution in [0.5, 0.6) is 5.75 Å². The van der Waals surface area contributed by atoms with Gasteiger partial charge in [-0.25, -0.2) is 0 Å². The number of carbonyl (C=O) groups is 1. The fraction of sp³-hybridized carbons (Fsp3) is 0. The summed E-state index contributed by atoms with van der Waals surface area (Å²) in [6.07, 6.45) is 3.24. The van der Waals surface area contributed by atoms with E-state index in [4.69, 9.17) is 4.74 Å². The maximum atomic E-state index is 13.9. The van der Waals surface area contributed by atoms with E-state index >= 15 is 0 Å². The van der Waals surface area contributed by atoms with Crippen molar-refractivity contribution in [2.24, 2.45) is 0 Å². The predicted molar refractivity (Wildman–Crippen MR) is 114 cm³/mol. The molecule has 28 heavy (non-hydrogen) atoms. The molecule has 0 atom stereocenters. The second-order valence-electron chi connectivity index (χ2n) is 6.43. The SMILES string of the molecule is O=[C](Oc1cccnc1)[Ge]([c]1ccccc1)([c]1ccccc1)[c]1ccccc1. The van der Waals surface area contributed by atoms with E-state index in [-0.39, 0.29) is 4.80 Å². The molecule has 3 aromatic carbocycles. The van der Waals surface area contributed by atoms with Crippen LogP contribution in [0.2, 0.25) is 0 Å². The van der Waals surface area contributed by atoms with Gasteiger partial charge < -0.3 is 0 Å². The number of benzene rings is 3. The average molecular weight is 426 g/mol. The Kier molecular flexibility index (Phi) is 5.35. The topological polar surface area (TPSA) is 39.2 Å². The van der Waals surface area contributed by atoms with Gasteiger partial charge in [0.15, 0.2) is 0 Å². The molecule has 0 N–H and O–H groups in total. The number of ether oxygens (including phenoxy) is 1. The molecule has 0 saturated carbocycles. The Morgan fingerprint density at radius 3 is 1.50 bits per heavy atom. The molecule has 0 amide bonds. The van der Waals surface area contributed by atoms with E-state index in [9.17, 15) is 4.79 Å². The molecule has 4 rings (SSSR count). The van der Waals surface area contributed by atoms with Crippen LogP contribution < -0.4 is 17.9 Å². The van der Waals surface area contributed by atoms with E-state index in [1.807, 2.05) is 91.0 Å². The van der Waals surface area contributed by atoms with Gasteiger partial charge in [-0.3, -0.25) is 0 Å². The molecular weight excluding hydrogens is 407 g/mol. The number of hydrogen-bond donors (Lipinski definition) is 0. The van der Waals surface area contributed by atoms with Crippen LogP contribution in [-0.2, 0) is 0 Å². The molecule has 4 heteroatoms. The number of carbonyl (C=O) groups excluding carboxylic acids is 1. The summed E-state index contributed by atoms with van der Waals surface area (Å²) in [5, 5.41) is 0. The van der Waals surface area contributed by atoms with Crippen molar-refractivity contribution in [1.29, 1.82) is 0 Å². The standard InChI is InChI=1S/C24H19GeNO2/c27-24(28-23-17-10-18-26-19-23)25(20-11-4-1-5-12-20,21-13-6-2-7-14-21)22-15-8-3-9-16-22/h1-19H. The number of aromatic nitrogens is 1. The Morgan fingerprint density at radius 2 is 1.11 bits per heavy atom. The van der Waals surface area contributed by atoms with E-state index in [1.54, 1.807) is 24.5 Å². The zero-order valence-electron chi connectivity index (χ0n) is 15.2. The molecule has 0 aliphatic rings. The first-order valence-electron chi connectivity index (χ1n) is 9.10. The third kappa shape index (κ3) is 3.37. The van der Waals surface area contributed by atoms with E-state index in [0.717, 1.165) is 13.2 Å². The summed E-state index contributed by atoms with van der Waals surface area (Å²) in [5.41, 5.74) is 0. The number of pyridine rings is 1. The van der Waals surface area contributed by atoms with Gasteiger partial charge in [0.2, 0.25) is 0 Å². The van der Waals surface area contributed by atoms with Gasteiger partial charge in [0, 0.05) is 0 Å². The van der Waals surface area contributed by atoms with Crippen LogP contribution in [0.25, 0.3) is 0 Å². The number of hydrogen-bond acceptors (Lipinski definition) is 3. The molecule has 3 nitrogen and oxygen atoms in total. The second kappa shape index (κ2) is 8.23. The second-order valence-corrected chi connectivity index (χ2v) is 14.1. The van der Waals surface area contributed by atoms with E-state index in [2.05, 4.69) is 4.98 Å². The van der Waals surface area contributed by atoms with Crippen LogP contribution in [0.1, 0.15) is 0 Å². The summed E-state index contributed by atoms with van der Waals surface area (Å²) in [4.78, 5) is 17.8. The van der Waals surface area contributed by atoms with Crippen LogP contribution in [-0.4, -0.2) is 23.1 Å². The first kappa shape index (κ1) is 18.2. The minimum absolute atomic E-state index is 0.184. The zero-order valence-corrected chi connectivity index (χ0v) is 17.3. The molecule has 4 aromatic rings. The van der Waals surface area contributed by atoms with Crippen LogP contribution >= 0.6 is 0 Å². The van der Waals surface area contributed by atoms with Gasteiger partial charge in [0.25, 0.3) is 0 Å². The molecule has 0 bridgehead atoms. The number of rotatable bonds is 5. The third-order valence-electron chi connectivity index (χ3n) is 4.77. The predicted octanol–water partition coefficient (Wildman–Crippen LogP) is 3.33. The molecule has 136 valence electrons. The molecule has 0 spiro atoms. The zero-order chi connectivity index (χ0) is 19.2. The summed E-state index contributed by atoms with van der Waals surface area (Å²) in [5.74, 6) is 0.463. The van der Waals surface area contributed by atoms with Crippen molar-refractivity contribution in [3.63, 3.8) is 0 Å². The fourth-order valence-electron chi connectivity index (χ4n) is 3.51. The molecule has 0 saturated heterocycles. The van der Waals surface area contributed by atoms with Crippen molar-refractivity contribution in [3.05, 3.63) is 116 Å². The van der Waals surface area contributed by atoms with Gasteiger partial charge in [-0.05, 0) is 0 Å². The molecule has 0 aliphatic carbocycles. The molecule has 0 fully saturated rings. The van der Waals surface area contributed by atoms with Crippen molar-refractivity contribution in [2.75, 3.05) is 0 Å². The summed E-state index contributed by atoms with van der Waals surface area (Å²) in [7, 11) is 0. The number of nitrogens with zero attached hydrogens (tertiary/aromatic N) is 1. The van der Waals surface area contributed by atoms with Gasteiger partial charge >= 0.3 is 167 Å². The van der Waals surface area contributed by atoms with Crippen LogP contribution in [0.15, 0.2) is 116 Å². The van der Waals surface area contributed by atoms with Gasteiger partial charge in [0.05, 0.1) is 0 Å². The fourth-order valence-corrected chi connectivity index (χ4v) is 12.0. The van der Waals surface area contributed by atoms with E-state index in [1.165, 1.54) is 0 Å². The van der Waals surface area contributed by atoms with Crippen molar-refractivity contribution < 1.29 is 9.53 Å². The molecule has 0 radical (unpaired) electrons. The van der Waals surface area contributed by atoms with Gasteiger partial charge in [0.1, 0.15) is 0 Å². The molecule has 1 heterocycles. The molecular formula is C24H19GeNO2. The van der Waals surface area contributed by atoms with Gasteiger partial charge in [-0.15, -0.1) is 0 Å². The van der Waals surface area contributed by atoms with Crippen molar-refractivity contribution in [1.82, 2.24) is 4.98 Å². The summed E-state index contributed by atoms with van der Waals surface area (Å²) >= 11 is -3.80. The van der Waals surface area contributed by atoms with E-state index < -0.39 is 13.3 Å². The summed E-state index contributed by atoms with van der Waals surface area (Å²) in [6.45, 7) is 0. The third-order valence-corrected chi connectivity index (χ3v) is 13.8. The maximum absolute atomic E-state index is 13.9. The summed E-state index contributed by atoms with van der Waals surface area (Å²) < 4.78 is 9.03. The van der Waals surface area contributed by atoms with Crippen LogP contribution in [0.4, 0.5) is 4.79 Å². The van der Waals surface area contributed by atoms with Gasteiger partial charge in [-0.2, -0.15) is 0 Å². The van der Waals surface area contributed by atoms with Gasteiger partial charge in [-0.1, -0.05) is 0 Å². The summed E-state index contributed by atoms with van der Waals surface area (Å²) in [6, 6.07) is 33.6. The monoisotopic (exact) mass is 427 g/mol. The molecule has 0 unspecified atom stereocenters. The Hall–Kier alpha value is -3.18. The molecule has 1 aromatic heterocycles. The Balaban J connectivity index is 1.97. The van der Waals surface area contributed by atoms with Crippen LogP contribution in [0.3, 0.4) is 0 Å². The first-order chi connectivity index (χ1) is 13.8. The normalized spacial score (nSPS) is 11.0. The van der Waals surface area contributed by atoms with E-state index in [0.29, 0.717) is 5.75 Å². The first-order valence-corrected chi connectivity index (χ1v) is 13.3. The average Bonchev–Trinajstić information content (AvgIpc) is 2.77. The quantitative estimate of drug-likeness (QED) is 0.460.